The summed E-state index contributed by atoms with van der Waals surface area (Å²) in [5.41, 5.74) is 1.31. The van der Waals surface area contributed by atoms with Gasteiger partial charge in [0.25, 0.3) is 0 Å². The summed E-state index contributed by atoms with van der Waals surface area (Å²) in [4.78, 5) is 11.0. The van der Waals surface area contributed by atoms with Crippen molar-refractivity contribution in [3.63, 3.8) is 0 Å². The molecule has 58 valence electrons. The second-order valence-electron chi connectivity index (χ2n) is 2.49. The van der Waals surface area contributed by atoms with Gasteiger partial charge in [0, 0.05) is 12.4 Å². The van der Waals surface area contributed by atoms with Crippen LogP contribution < -0.4 is 0 Å². The highest BCUT2D eigenvalue weighted by Crippen LogP contribution is 2.13. The van der Waals surface area contributed by atoms with Gasteiger partial charge >= 0.3 is 0 Å². The lowest BCUT2D eigenvalue weighted by molar-refractivity contribution is 1.08. The van der Waals surface area contributed by atoms with Crippen LogP contribution in [0.3, 0.4) is 0 Å². The van der Waals surface area contributed by atoms with Gasteiger partial charge in [0.15, 0.2) is 0 Å². The van der Waals surface area contributed by atoms with Crippen LogP contribution in [0.25, 0.3) is 11.0 Å². The Balaban J connectivity index is 2.84. The molecule has 4 heteroatoms. The van der Waals surface area contributed by atoms with Crippen molar-refractivity contribution in [3.8, 4) is 6.07 Å². The Labute approximate surface area is 68.9 Å². The first-order valence-corrected chi connectivity index (χ1v) is 3.52. The maximum Gasteiger partial charge on any atom is 0.142 e. The van der Waals surface area contributed by atoms with Gasteiger partial charge in [-0.3, -0.25) is 0 Å². The monoisotopic (exact) mass is 158 g/mol. The van der Waals surface area contributed by atoms with Gasteiger partial charge < -0.3 is 4.98 Å². The molecule has 0 aromatic carbocycles. The average Bonchev–Trinajstić information content (AvgIpc) is 2.46. The Morgan fingerprint density at radius 3 is 3.17 bits per heavy atom. The van der Waals surface area contributed by atoms with Crippen LogP contribution in [0, 0.1) is 18.3 Å². The lowest BCUT2D eigenvalue weighted by atomic mass is 10.3. The molecule has 2 heterocycles. The molecule has 0 spiro atoms. The number of nitriles is 1. The second-order valence-corrected chi connectivity index (χ2v) is 2.49. The van der Waals surface area contributed by atoms with Crippen molar-refractivity contribution in [2.45, 2.75) is 6.92 Å². The third-order valence-corrected chi connectivity index (χ3v) is 1.67. The van der Waals surface area contributed by atoms with Crippen molar-refractivity contribution in [3.05, 3.63) is 23.8 Å². The van der Waals surface area contributed by atoms with E-state index in [2.05, 4.69) is 21.0 Å². The molecule has 2 rings (SSSR count). The Morgan fingerprint density at radius 2 is 2.42 bits per heavy atom. The molecule has 0 saturated carbocycles. The van der Waals surface area contributed by atoms with Gasteiger partial charge in [-0.1, -0.05) is 0 Å². The normalized spacial score (nSPS) is 10.0. The number of hydrogen-bond acceptors (Lipinski definition) is 3. The highest BCUT2D eigenvalue weighted by Gasteiger charge is 2.03. The molecule has 0 aliphatic heterocycles. The van der Waals surface area contributed by atoms with Crippen molar-refractivity contribution >= 4 is 11.0 Å². The van der Waals surface area contributed by atoms with Crippen LogP contribution in [0.1, 0.15) is 11.4 Å². The van der Waals surface area contributed by atoms with Crippen molar-refractivity contribution in [1.29, 1.82) is 5.26 Å². The van der Waals surface area contributed by atoms with Crippen LogP contribution in [0.5, 0.6) is 0 Å². The number of aromatic amines is 1. The fraction of sp³-hybridized carbons (Fsp3) is 0.125. The molecule has 4 nitrogen and oxygen atoms in total. The number of hydrogen-bond donors (Lipinski definition) is 1. The van der Waals surface area contributed by atoms with E-state index in [9.17, 15) is 0 Å². The van der Waals surface area contributed by atoms with Crippen molar-refractivity contribution < 1.29 is 0 Å². The first-order chi connectivity index (χ1) is 5.81. The van der Waals surface area contributed by atoms with Crippen LogP contribution in [-0.2, 0) is 0 Å². The zero-order chi connectivity index (χ0) is 8.55. The maximum absolute atomic E-state index is 8.67. The zero-order valence-electron chi connectivity index (χ0n) is 6.50. The van der Waals surface area contributed by atoms with Gasteiger partial charge in [-0.05, 0) is 6.92 Å². The summed E-state index contributed by atoms with van der Waals surface area (Å²) in [5, 5.41) is 9.45. The summed E-state index contributed by atoms with van der Waals surface area (Å²) in [6.45, 7) is 1.81. The van der Waals surface area contributed by atoms with Gasteiger partial charge in [0.1, 0.15) is 17.5 Å². The van der Waals surface area contributed by atoms with Crippen LogP contribution in [0.2, 0.25) is 0 Å². The minimum Gasteiger partial charge on any atom is -0.345 e. The fourth-order valence-corrected chi connectivity index (χ4v) is 1.09. The Bertz CT molecular complexity index is 463. The van der Waals surface area contributed by atoms with Crippen LogP contribution in [0.4, 0.5) is 0 Å². The molecular formula is C8H6N4. The second kappa shape index (κ2) is 2.31. The van der Waals surface area contributed by atoms with E-state index in [1.165, 1.54) is 0 Å². The summed E-state index contributed by atoms with van der Waals surface area (Å²) in [6, 6.07) is 2.06. The van der Waals surface area contributed by atoms with E-state index in [1.807, 2.05) is 6.92 Å². The molecule has 1 N–H and O–H groups in total. The summed E-state index contributed by atoms with van der Waals surface area (Å²) in [6.07, 6.45) is 3.30. The summed E-state index contributed by atoms with van der Waals surface area (Å²) < 4.78 is 0. The highest BCUT2D eigenvalue weighted by atomic mass is 14.9. The number of nitrogens with zero attached hydrogens (tertiary/aromatic N) is 3. The Morgan fingerprint density at radius 1 is 1.58 bits per heavy atom. The van der Waals surface area contributed by atoms with Crippen molar-refractivity contribution in [2.75, 3.05) is 0 Å². The lowest BCUT2D eigenvalue weighted by Gasteiger charge is -1.90. The van der Waals surface area contributed by atoms with E-state index in [-0.39, 0.29) is 0 Å². The summed E-state index contributed by atoms with van der Waals surface area (Å²) >= 11 is 0. The molecular weight excluding hydrogens is 152 g/mol. The molecule has 0 bridgehead atoms. The number of fused-ring (bicyclic) bond motifs is 1. The summed E-state index contributed by atoms with van der Waals surface area (Å²) in [5.74, 6) is 0.703. The quantitative estimate of drug-likeness (QED) is 0.625. The third kappa shape index (κ3) is 0.839. The number of H-pyrrole nitrogens is 1. The molecule has 0 saturated heterocycles. The van der Waals surface area contributed by atoms with Gasteiger partial charge in [0.05, 0.1) is 10.9 Å². The molecule has 0 aliphatic rings. The molecule has 0 fully saturated rings. The molecule has 12 heavy (non-hydrogen) atoms. The average molecular weight is 158 g/mol. The van der Waals surface area contributed by atoms with Crippen LogP contribution in [0.15, 0.2) is 12.4 Å². The Kier molecular flexibility index (Phi) is 1.31. The maximum atomic E-state index is 8.67. The molecule has 0 aliphatic carbocycles. The molecule has 2 aromatic heterocycles. The van der Waals surface area contributed by atoms with E-state index in [0.717, 1.165) is 11.0 Å². The van der Waals surface area contributed by atoms with Crippen molar-refractivity contribution in [2.24, 2.45) is 0 Å². The number of aryl methyl sites for hydroxylation is 1. The molecule has 0 radical (unpaired) electrons. The molecule has 0 unspecified atom stereocenters. The zero-order valence-corrected chi connectivity index (χ0v) is 6.50. The van der Waals surface area contributed by atoms with E-state index in [0.29, 0.717) is 11.4 Å². The van der Waals surface area contributed by atoms with Crippen molar-refractivity contribution in [1.82, 2.24) is 15.0 Å². The largest absolute Gasteiger partial charge is 0.345 e. The fourth-order valence-electron chi connectivity index (χ4n) is 1.09. The molecule has 0 amide bonds. The van der Waals surface area contributed by atoms with Crippen LogP contribution in [-0.4, -0.2) is 15.0 Å². The van der Waals surface area contributed by atoms with E-state index < -0.39 is 0 Å². The predicted molar refractivity (Wildman–Crippen MR) is 43.3 cm³/mol. The molecule has 2 aromatic rings. The molecule has 0 atom stereocenters. The van der Waals surface area contributed by atoms with Gasteiger partial charge in [-0.25, -0.2) is 9.97 Å². The first-order valence-electron chi connectivity index (χ1n) is 3.52. The van der Waals surface area contributed by atoms with E-state index >= 15 is 0 Å². The lowest BCUT2D eigenvalue weighted by Crippen LogP contribution is -1.86. The van der Waals surface area contributed by atoms with Crippen LogP contribution >= 0.6 is 0 Å². The minimum absolute atomic E-state index is 0.588. The van der Waals surface area contributed by atoms with Gasteiger partial charge in [-0.15, -0.1) is 0 Å². The highest BCUT2D eigenvalue weighted by molar-refractivity contribution is 5.81. The standard InChI is InChI=1S/C8H6N4/c1-5-10-4-7-6(2-9)3-11-8(7)12-5/h3-4H,1H3,(H,10,11,12). The van der Waals surface area contributed by atoms with E-state index in [4.69, 9.17) is 5.26 Å². The smallest absolute Gasteiger partial charge is 0.142 e. The van der Waals surface area contributed by atoms with Gasteiger partial charge in [0.2, 0.25) is 0 Å². The SMILES string of the molecule is Cc1ncc2c(C#N)c[nH]c2n1. The summed E-state index contributed by atoms with van der Waals surface area (Å²) in [7, 11) is 0. The predicted octanol–water partition coefficient (Wildman–Crippen LogP) is 1.14. The van der Waals surface area contributed by atoms with E-state index in [1.54, 1.807) is 12.4 Å². The topological polar surface area (TPSA) is 65.4 Å². The number of nitrogens with one attached hydrogen (secondary N) is 1. The van der Waals surface area contributed by atoms with Gasteiger partial charge in [-0.2, -0.15) is 5.26 Å². The first kappa shape index (κ1) is 6.80. The third-order valence-electron chi connectivity index (χ3n) is 1.67. The number of aromatic nitrogens is 3. The number of rotatable bonds is 0. The Hall–Kier alpha value is -1.89. The minimum atomic E-state index is 0.588.